The molecular weight excluding hydrogens is 625 g/mol. The Kier molecular flexibility index (Phi) is 13.6. The number of carbonyl (C=O) groups is 2. The Morgan fingerprint density at radius 1 is 0.896 bits per heavy atom. The van der Waals surface area contributed by atoms with Crippen LogP contribution in [-0.2, 0) is 25.8 Å². The van der Waals surface area contributed by atoms with Crippen LogP contribution in [0.15, 0.2) is 77.7 Å². The van der Waals surface area contributed by atoms with Crippen molar-refractivity contribution < 1.29 is 28.2 Å². The first-order valence-corrected chi connectivity index (χ1v) is 18.8. The zero-order valence-electron chi connectivity index (χ0n) is 28.1. The number of aliphatic hydroxyl groups excluding tert-OH is 2. The minimum Gasteiger partial charge on any atom is -0.390 e. The van der Waals surface area contributed by atoms with E-state index in [-0.39, 0.29) is 23.7 Å². The van der Waals surface area contributed by atoms with E-state index in [2.05, 4.69) is 16.6 Å². The van der Waals surface area contributed by atoms with E-state index in [1.807, 2.05) is 68.4 Å². The summed E-state index contributed by atoms with van der Waals surface area (Å²) in [6.45, 7) is 3.91. The molecule has 1 aliphatic carbocycles. The molecule has 0 spiro atoms. The van der Waals surface area contributed by atoms with Gasteiger partial charge < -0.3 is 20.8 Å². The molecule has 0 aromatic heterocycles. The van der Waals surface area contributed by atoms with Crippen molar-refractivity contribution in [1.29, 1.82) is 0 Å². The quantitative estimate of drug-likeness (QED) is 0.155. The maximum atomic E-state index is 13.9. The largest absolute Gasteiger partial charge is 0.390 e. The summed E-state index contributed by atoms with van der Waals surface area (Å²) in [6.07, 6.45) is 9.57. The van der Waals surface area contributed by atoms with Gasteiger partial charge in [0.2, 0.25) is 11.8 Å². The van der Waals surface area contributed by atoms with Crippen molar-refractivity contribution in [3.63, 3.8) is 0 Å². The van der Waals surface area contributed by atoms with Gasteiger partial charge in [0.1, 0.15) is 12.1 Å². The third kappa shape index (κ3) is 10.6. The van der Waals surface area contributed by atoms with Crippen molar-refractivity contribution in [2.45, 2.75) is 101 Å². The first-order chi connectivity index (χ1) is 23.0. The van der Waals surface area contributed by atoms with Crippen molar-refractivity contribution in [2.24, 2.45) is 17.8 Å². The van der Waals surface area contributed by atoms with Gasteiger partial charge in [0.05, 0.1) is 28.7 Å². The van der Waals surface area contributed by atoms with Gasteiger partial charge >= 0.3 is 0 Å². The minimum atomic E-state index is -3.91. The molecule has 0 saturated heterocycles. The lowest BCUT2D eigenvalue weighted by Gasteiger charge is -2.33. The second kappa shape index (κ2) is 17.6. The highest BCUT2D eigenvalue weighted by molar-refractivity contribution is 7.91. The standard InChI is InChI=1S/C39H50N2O6S/c1-4-13-34(39(45)41-35(24-29-16-9-6-10-17-29)37(43)36(42)22-27(2)3)40-38(44)32(23-28-14-7-5-8-15-28)26-48(46,47)33-21-20-30-18-11-12-19-31(30)25-33/h1,5,7-8,11-12,14-15,18-21,25,27,29,32,34-37,42-43H,6,9-10,13,16-17,22-24,26H2,2-3H3,(H,40,44)(H,41,45)/t32-,34+,35+,36+,37-/m1/s1. The van der Waals surface area contributed by atoms with Gasteiger partial charge in [-0.3, -0.25) is 9.59 Å². The summed E-state index contributed by atoms with van der Waals surface area (Å²) in [4.78, 5) is 27.8. The number of terminal acetylenes is 1. The fourth-order valence-corrected chi connectivity index (χ4v) is 8.28. The number of benzene rings is 3. The number of sulfone groups is 1. The maximum Gasteiger partial charge on any atom is 0.243 e. The molecule has 1 saturated carbocycles. The number of fused-ring (bicyclic) bond motifs is 1. The van der Waals surface area contributed by atoms with Crippen molar-refractivity contribution in [3.8, 4) is 12.3 Å². The number of aliphatic hydroxyl groups is 2. The number of amides is 2. The third-order valence-corrected chi connectivity index (χ3v) is 11.1. The molecule has 8 nitrogen and oxygen atoms in total. The Morgan fingerprint density at radius 2 is 1.56 bits per heavy atom. The summed E-state index contributed by atoms with van der Waals surface area (Å²) in [5.74, 6) is 0.219. The highest BCUT2D eigenvalue weighted by atomic mass is 32.2. The number of hydrogen-bond acceptors (Lipinski definition) is 6. The fourth-order valence-electron chi connectivity index (χ4n) is 6.70. The molecular formula is C39H50N2O6S. The molecule has 3 aromatic rings. The number of rotatable bonds is 16. The van der Waals surface area contributed by atoms with E-state index in [1.54, 1.807) is 18.2 Å². The highest BCUT2D eigenvalue weighted by Crippen LogP contribution is 2.29. The van der Waals surface area contributed by atoms with Crippen LogP contribution >= 0.6 is 0 Å². The smallest absolute Gasteiger partial charge is 0.243 e. The molecule has 9 heteroatoms. The summed E-state index contributed by atoms with van der Waals surface area (Å²) < 4.78 is 27.5. The fraction of sp³-hybridized carbons (Fsp3) is 0.487. The predicted molar refractivity (Wildman–Crippen MR) is 190 cm³/mol. The van der Waals surface area contributed by atoms with Crippen LogP contribution in [0.25, 0.3) is 10.8 Å². The Hall–Kier alpha value is -3.71. The second-order valence-electron chi connectivity index (χ2n) is 13.7. The molecule has 0 radical (unpaired) electrons. The lowest BCUT2D eigenvalue weighted by Crippen LogP contribution is -2.56. The molecule has 3 aromatic carbocycles. The maximum absolute atomic E-state index is 13.9. The van der Waals surface area contributed by atoms with E-state index in [9.17, 15) is 28.2 Å². The molecule has 5 atom stereocenters. The number of nitrogens with one attached hydrogen (secondary N) is 2. The van der Waals surface area contributed by atoms with E-state index in [4.69, 9.17) is 6.42 Å². The molecule has 4 rings (SSSR count). The van der Waals surface area contributed by atoms with E-state index in [1.165, 1.54) is 0 Å². The average molecular weight is 675 g/mol. The molecule has 0 bridgehead atoms. The molecule has 0 aliphatic heterocycles. The molecule has 0 unspecified atom stereocenters. The molecule has 2 amide bonds. The Balaban J connectivity index is 1.55. The topological polar surface area (TPSA) is 133 Å². The molecule has 48 heavy (non-hydrogen) atoms. The van der Waals surface area contributed by atoms with E-state index >= 15 is 0 Å². The van der Waals surface area contributed by atoms with Crippen LogP contribution < -0.4 is 10.6 Å². The van der Waals surface area contributed by atoms with Crippen molar-refractivity contribution in [3.05, 3.63) is 78.4 Å². The van der Waals surface area contributed by atoms with Crippen LogP contribution in [-0.4, -0.2) is 60.5 Å². The van der Waals surface area contributed by atoms with Crippen LogP contribution in [0.5, 0.6) is 0 Å². The predicted octanol–water partition coefficient (Wildman–Crippen LogP) is 5.20. The summed E-state index contributed by atoms with van der Waals surface area (Å²) >= 11 is 0. The Bertz CT molecular complexity index is 1650. The van der Waals surface area contributed by atoms with Gasteiger partial charge in [0.25, 0.3) is 0 Å². The van der Waals surface area contributed by atoms with Gasteiger partial charge in [-0.2, -0.15) is 0 Å². The first-order valence-electron chi connectivity index (χ1n) is 17.1. The zero-order valence-corrected chi connectivity index (χ0v) is 28.9. The second-order valence-corrected chi connectivity index (χ2v) is 15.7. The van der Waals surface area contributed by atoms with E-state index in [0.717, 1.165) is 48.4 Å². The summed E-state index contributed by atoms with van der Waals surface area (Å²) in [5.41, 5.74) is 0.777. The highest BCUT2D eigenvalue weighted by Gasteiger charge is 2.34. The van der Waals surface area contributed by atoms with Gasteiger partial charge in [0, 0.05) is 6.42 Å². The molecule has 1 aliphatic rings. The van der Waals surface area contributed by atoms with Crippen LogP contribution in [0.2, 0.25) is 0 Å². The third-order valence-electron chi connectivity index (χ3n) is 9.31. The molecule has 4 N–H and O–H groups in total. The zero-order chi connectivity index (χ0) is 34.7. The van der Waals surface area contributed by atoms with Gasteiger partial charge in [-0.1, -0.05) is 107 Å². The van der Waals surface area contributed by atoms with Gasteiger partial charge in [0.15, 0.2) is 9.84 Å². The van der Waals surface area contributed by atoms with Crippen molar-refractivity contribution in [2.75, 3.05) is 5.75 Å². The van der Waals surface area contributed by atoms with Crippen molar-refractivity contribution in [1.82, 2.24) is 10.6 Å². The van der Waals surface area contributed by atoms with Crippen LogP contribution in [0.4, 0.5) is 0 Å². The van der Waals surface area contributed by atoms with Crippen LogP contribution in [0.3, 0.4) is 0 Å². The summed E-state index contributed by atoms with van der Waals surface area (Å²) in [7, 11) is -3.91. The monoisotopic (exact) mass is 674 g/mol. The number of hydrogen-bond donors (Lipinski definition) is 4. The van der Waals surface area contributed by atoms with Crippen LogP contribution in [0.1, 0.15) is 70.8 Å². The number of carbonyl (C=O) groups excluding carboxylic acids is 2. The average Bonchev–Trinajstić information content (AvgIpc) is 3.07. The lowest BCUT2D eigenvalue weighted by molar-refractivity contribution is -0.132. The SMILES string of the molecule is C#CC[C@H](NC(=O)[C@H](Cc1ccccc1)CS(=O)(=O)c1ccc2ccccc2c1)C(=O)N[C@@H](CC1CCCCC1)[C@@H](O)[C@@H](O)CC(C)C. The molecule has 1 fully saturated rings. The van der Waals surface area contributed by atoms with Crippen LogP contribution in [0, 0.1) is 30.1 Å². The minimum absolute atomic E-state index is 0.115. The van der Waals surface area contributed by atoms with Crippen molar-refractivity contribution >= 4 is 32.4 Å². The van der Waals surface area contributed by atoms with Gasteiger partial charge in [-0.15, -0.1) is 12.3 Å². The molecule has 0 heterocycles. The Labute approximate surface area is 285 Å². The normalized spacial score (nSPS) is 17.2. The van der Waals surface area contributed by atoms with E-state index < -0.39 is 57.6 Å². The van der Waals surface area contributed by atoms with E-state index in [0.29, 0.717) is 18.8 Å². The van der Waals surface area contributed by atoms with Gasteiger partial charge in [-0.25, -0.2) is 8.42 Å². The Morgan fingerprint density at radius 3 is 2.23 bits per heavy atom. The first kappa shape index (κ1) is 37.1. The summed E-state index contributed by atoms with van der Waals surface area (Å²) in [6, 6.07) is 19.6. The molecule has 258 valence electrons. The lowest BCUT2D eigenvalue weighted by atomic mass is 9.82. The van der Waals surface area contributed by atoms with Gasteiger partial charge in [-0.05, 0) is 59.6 Å². The summed E-state index contributed by atoms with van der Waals surface area (Å²) in [5, 5.41) is 29.3.